The molecule has 0 unspecified atom stereocenters. The van der Waals surface area contributed by atoms with E-state index in [4.69, 9.17) is 16.0 Å². The molecule has 1 heterocycles. The van der Waals surface area contributed by atoms with Crippen LogP contribution in [0.1, 0.15) is 0 Å². The first-order valence-corrected chi connectivity index (χ1v) is 5.67. The van der Waals surface area contributed by atoms with Gasteiger partial charge in [0.1, 0.15) is 5.88 Å². The van der Waals surface area contributed by atoms with Gasteiger partial charge in [0.15, 0.2) is 5.58 Å². The van der Waals surface area contributed by atoms with Gasteiger partial charge in [0.2, 0.25) is 5.91 Å². The second kappa shape index (κ2) is 5.05. The van der Waals surface area contributed by atoms with E-state index in [0.29, 0.717) is 18.7 Å². The molecule has 1 amide bonds. The SMILES string of the molecule is O=C(CCl)NCCn1c(=O)oc2ccccc21. The molecule has 0 atom stereocenters. The largest absolute Gasteiger partial charge is 0.420 e. The summed E-state index contributed by atoms with van der Waals surface area (Å²) in [5.41, 5.74) is 1.26. The summed E-state index contributed by atoms with van der Waals surface area (Å²) in [5.74, 6) is -0.764. The molecule has 0 bridgehead atoms. The Morgan fingerprint density at radius 2 is 2.18 bits per heavy atom. The number of halogens is 1. The maximum Gasteiger partial charge on any atom is 0.420 e. The predicted octanol–water partition coefficient (Wildman–Crippen LogP) is 0.949. The van der Waals surface area contributed by atoms with Crippen molar-refractivity contribution in [3.8, 4) is 0 Å². The molecule has 0 saturated carbocycles. The van der Waals surface area contributed by atoms with Crippen LogP contribution in [0.2, 0.25) is 0 Å². The number of hydrogen-bond donors (Lipinski definition) is 1. The highest BCUT2D eigenvalue weighted by Crippen LogP contribution is 2.10. The number of oxazole rings is 1. The first-order chi connectivity index (χ1) is 8.22. The standard InChI is InChI=1S/C11H11ClN2O3/c12-7-10(15)13-5-6-14-8-3-1-2-4-9(8)17-11(14)16/h1-4H,5-7H2,(H,13,15). The second-order valence-corrected chi connectivity index (χ2v) is 3.74. The summed E-state index contributed by atoms with van der Waals surface area (Å²) in [5, 5.41) is 2.59. The number of carbonyl (C=O) groups is 1. The van der Waals surface area contributed by atoms with E-state index in [1.165, 1.54) is 4.57 Å². The number of hydrogen-bond acceptors (Lipinski definition) is 3. The van der Waals surface area contributed by atoms with Crippen molar-refractivity contribution in [2.45, 2.75) is 6.54 Å². The molecule has 5 nitrogen and oxygen atoms in total. The average molecular weight is 255 g/mol. The zero-order chi connectivity index (χ0) is 12.3. The van der Waals surface area contributed by atoms with Crippen molar-refractivity contribution in [1.29, 1.82) is 0 Å². The molecule has 0 aliphatic carbocycles. The number of benzene rings is 1. The van der Waals surface area contributed by atoms with Gasteiger partial charge in [0, 0.05) is 13.1 Å². The Morgan fingerprint density at radius 3 is 2.94 bits per heavy atom. The van der Waals surface area contributed by atoms with Crippen LogP contribution in [0.5, 0.6) is 0 Å². The van der Waals surface area contributed by atoms with E-state index in [1.807, 2.05) is 6.07 Å². The highest BCUT2D eigenvalue weighted by Gasteiger charge is 2.07. The van der Waals surface area contributed by atoms with E-state index < -0.39 is 5.76 Å². The molecular weight excluding hydrogens is 244 g/mol. The first kappa shape index (κ1) is 11.7. The number of para-hydroxylation sites is 2. The molecule has 0 fully saturated rings. The maximum atomic E-state index is 11.5. The number of fused-ring (bicyclic) bond motifs is 1. The van der Waals surface area contributed by atoms with Crippen LogP contribution in [0.4, 0.5) is 0 Å². The zero-order valence-electron chi connectivity index (χ0n) is 8.98. The van der Waals surface area contributed by atoms with Crippen LogP contribution in [-0.2, 0) is 11.3 Å². The van der Waals surface area contributed by atoms with Gasteiger partial charge in [-0.15, -0.1) is 11.6 Å². The Kier molecular flexibility index (Phi) is 3.49. The van der Waals surface area contributed by atoms with Gasteiger partial charge < -0.3 is 9.73 Å². The lowest BCUT2D eigenvalue weighted by atomic mass is 10.3. The Labute approximate surface area is 102 Å². The number of rotatable bonds is 4. The lowest BCUT2D eigenvalue weighted by Crippen LogP contribution is -2.30. The number of nitrogens with zero attached hydrogens (tertiary/aromatic N) is 1. The maximum absolute atomic E-state index is 11.5. The summed E-state index contributed by atoms with van der Waals surface area (Å²) in [7, 11) is 0. The fourth-order valence-electron chi connectivity index (χ4n) is 1.58. The molecule has 1 aromatic carbocycles. The number of carbonyl (C=O) groups excluding carboxylic acids is 1. The molecule has 0 aliphatic heterocycles. The minimum atomic E-state index is -0.425. The summed E-state index contributed by atoms with van der Waals surface area (Å²) >= 11 is 5.34. The summed E-state index contributed by atoms with van der Waals surface area (Å²) in [6.45, 7) is 0.702. The molecule has 2 rings (SSSR count). The molecule has 1 aromatic heterocycles. The van der Waals surface area contributed by atoms with Crippen LogP contribution in [-0.4, -0.2) is 22.9 Å². The fourth-order valence-corrected chi connectivity index (χ4v) is 1.67. The normalized spacial score (nSPS) is 10.6. The third kappa shape index (κ3) is 2.50. The third-order valence-corrected chi connectivity index (χ3v) is 2.60. The van der Waals surface area contributed by atoms with E-state index in [-0.39, 0.29) is 11.8 Å². The highest BCUT2D eigenvalue weighted by molar-refractivity contribution is 6.27. The van der Waals surface area contributed by atoms with Crippen LogP contribution in [0, 0.1) is 0 Å². The van der Waals surface area contributed by atoms with Crippen molar-refractivity contribution < 1.29 is 9.21 Å². The third-order valence-electron chi connectivity index (χ3n) is 2.35. The molecule has 0 spiro atoms. The van der Waals surface area contributed by atoms with Crippen LogP contribution in [0.3, 0.4) is 0 Å². The van der Waals surface area contributed by atoms with Crippen molar-refractivity contribution in [2.75, 3.05) is 12.4 Å². The molecule has 2 aromatic rings. The van der Waals surface area contributed by atoms with Gasteiger partial charge in [-0.05, 0) is 12.1 Å². The Balaban J connectivity index is 2.15. The molecule has 0 radical (unpaired) electrons. The van der Waals surface area contributed by atoms with E-state index in [1.54, 1.807) is 18.2 Å². The topological polar surface area (TPSA) is 64.2 Å². The number of aromatic nitrogens is 1. The van der Waals surface area contributed by atoms with Crippen molar-refractivity contribution >= 4 is 28.6 Å². The molecule has 0 saturated heterocycles. The fraction of sp³-hybridized carbons (Fsp3) is 0.273. The number of alkyl halides is 1. The minimum Gasteiger partial charge on any atom is -0.408 e. The summed E-state index contributed by atoms with van der Waals surface area (Å²) in [6, 6.07) is 7.14. The van der Waals surface area contributed by atoms with Crippen molar-refractivity contribution in [2.24, 2.45) is 0 Å². The van der Waals surface area contributed by atoms with Gasteiger partial charge in [0.25, 0.3) is 0 Å². The minimum absolute atomic E-state index is 0.0823. The Hall–Kier alpha value is -1.75. The summed E-state index contributed by atoms with van der Waals surface area (Å²) in [6.07, 6.45) is 0. The summed E-state index contributed by atoms with van der Waals surface area (Å²) in [4.78, 5) is 22.5. The molecule has 6 heteroatoms. The van der Waals surface area contributed by atoms with Crippen molar-refractivity contribution in [3.63, 3.8) is 0 Å². The quantitative estimate of drug-likeness (QED) is 0.827. The van der Waals surface area contributed by atoms with E-state index >= 15 is 0 Å². The molecule has 90 valence electrons. The van der Waals surface area contributed by atoms with E-state index in [0.717, 1.165) is 5.52 Å². The Morgan fingerprint density at radius 1 is 1.41 bits per heavy atom. The van der Waals surface area contributed by atoms with Gasteiger partial charge in [-0.2, -0.15) is 0 Å². The molecule has 1 N–H and O–H groups in total. The lowest BCUT2D eigenvalue weighted by Gasteiger charge is -2.03. The van der Waals surface area contributed by atoms with Crippen molar-refractivity contribution in [1.82, 2.24) is 9.88 Å². The first-order valence-electron chi connectivity index (χ1n) is 5.13. The van der Waals surface area contributed by atoms with E-state index in [2.05, 4.69) is 5.32 Å². The Bertz CT molecular complexity index is 588. The van der Waals surface area contributed by atoms with Crippen LogP contribution in [0.25, 0.3) is 11.1 Å². The molecule has 17 heavy (non-hydrogen) atoms. The van der Waals surface area contributed by atoms with Crippen LogP contribution >= 0.6 is 11.6 Å². The van der Waals surface area contributed by atoms with Gasteiger partial charge in [-0.25, -0.2) is 4.79 Å². The zero-order valence-corrected chi connectivity index (χ0v) is 9.74. The van der Waals surface area contributed by atoms with Gasteiger partial charge in [-0.1, -0.05) is 12.1 Å². The predicted molar refractivity (Wildman–Crippen MR) is 64.2 cm³/mol. The lowest BCUT2D eigenvalue weighted by molar-refractivity contribution is -0.118. The summed E-state index contributed by atoms with van der Waals surface area (Å²) < 4.78 is 6.53. The smallest absolute Gasteiger partial charge is 0.408 e. The average Bonchev–Trinajstić information content (AvgIpc) is 2.66. The second-order valence-electron chi connectivity index (χ2n) is 3.47. The van der Waals surface area contributed by atoms with Crippen LogP contribution in [0.15, 0.2) is 33.5 Å². The van der Waals surface area contributed by atoms with Crippen molar-refractivity contribution in [3.05, 3.63) is 34.8 Å². The van der Waals surface area contributed by atoms with Gasteiger partial charge in [0.05, 0.1) is 5.52 Å². The van der Waals surface area contributed by atoms with Crippen LogP contribution < -0.4 is 11.1 Å². The molecule has 0 aliphatic rings. The van der Waals surface area contributed by atoms with Gasteiger partial charge >= 0.3 is 5.76 Å². The van der Waals surface area contributed by atoms with E-state index in [9.17, 15) is 9.59 Å². The van der Waals surface area contributed by atoms with Gasteiger partial charge in [-0.3, -0.25) is 9.36 Å². The molecular formula is C11H11ClN2O3. The monoisotopic (exact) mass is 254 g/mol. The highest BCUT2D eigenvalue weighted by atomic mass is 35.5. The number of nitrogens with one attached hydrogen (secondary N) is 1. The number of amides is 1.